The Morgan fingerprint density at radius 1 is 0.952 bits per heavy atom. The van der Waals surface area contributed by atoms with Crippen LogP contribution in [0.2, 0.25) is 0 Å². The number of hydrogen-bond acceptors (Lipinski definition) is 7. The van der Waals surface area contributed by atoms with Crippen LogP contribution in [0.1, 0.15) is 45.8 Å². The Balaban J connectivity index is 1.20. The number of nitrogen functional groups attached to an aromatic ring is 1. The van der Waals surface area contributed by atoms with Crippen LogP contribution in [0.5, 0.6) is 5.75 Å². The standard InChI is InChI=1S/C33H36N6O3/c1-22-19-39(20-23(2)38-22)33(41)26-11-9-25(10-12-26)28-17-30(31(34)37-18-28)42-21-24-6-5-7-27(16-24)32(40)36-15-13-29-8-3-4-14-35-29/h3-12,14,16-18,22-23,38H,13,15,19-21H2,1-2H3,(H2,34,37)(H,36,40). The van der Waals surface area contributed by atoms with Crippen LogP contribution >= 0.6 is 0 Å². The van der Waals surface area contributed by atoms with Crippen molar-refractivity contribution in [2.24, 2.45) is 0 Å². The van der Waals surface area contributed by atoms with Crippen LogP contribution in [-0.4, -0.2) is 58.4 Å². The van der Waals surface area contributed by atoms with Gasteiger partial charge >= 0.3 is 0 Å². The van der Waals surface area contributed by atoms with Gasteiger partial charge in [-0.05, 0) is 67.4 Å². The van der Waals surface area contributed by atoms with E-state index in [1.54, 1.807) is 24.5 Å². The molecule has 0 bridgehead atoms. The van der Waals surface area contributed by atoms with E-state index in [0.717, 1.165) is 22.4 Å². The maximum atomic E-state index is 13.1. The van der Waals surface area contributed by atoms with Crippen molar-refractivity contribution in [1.29, 1.82) is 0 Å². The topological polar surface area (TPSA) is 122 Å². The zero-order valence-corrected chi connectivity index (χ0v) is 23.9. The van der Waals surface area contributed by atoms with E-state index < -0.39 is 0 Å². The summed E-state index contributed by atoms with van der Waals surface area (Å²) in [5.41, 5.74) is 10.8. The Morgan fingerprint density at radius 2 is 1.74 bits per heavy atom. The molecule has 42 heavy (non-hydrogen) atoms. The summed E-state index contributed by atoms with van der Waals surface area (Å²) >= 11 is 0. The van der Waals surface area contributed by atoms with E-state index in [-0.39, 0.29) is 36.3 Å². The monoisotopic (exact) mass is 564 g/mol. The van der Waals surface area contributed by atoms with Crippen LogP contribution in [0.3, 0.4) is 0 Å². The van der Waals surface area contributed by atoms with E-state index in [4.69, 9.17) is 10.5 Å². The average Bonchev–Trinajstić information content (AvgIpc) is 3.00. The summed E-state index contributed by atoms with van der Waals surface area (Å²) in [6.45, 7) is 6.27. The SMILES string of the molecule is CC1CN(C(=O)c2ccc(-c3cnc(N)c(OCc4cccc(C(=O)NCCc5ccccn5)c4)c3)cc2)CC(C)N1. The van der Waals surface area contributed by atoms with Gasteiger partial charge < -0.3 is 26.0 Å². The Morgan fingerprint density at radius 3 is 2.48 bits per heavy atom. The average molecular weight is 565 g/mol. The van der Waals surface area contributed by atoms with Gasteiger partial charge in [0.05, 0.1) is 0 Å². The third kappa shape index (κ3) is 7.30. The molecular formula is C33H36N6O3. The van der Waals surface area contributed by atoms with Crippen molar-refractivity contribution in [3.8, 4) is 16.9 Å². The number of ether oxygens (including phenoxy) is 1. The number of hydrogen-bond donors (Lipinski definition) is 3. The second-order valence-electron chi connectivity index (χ2n) is 10.7. The summed E-state index contributed by atoms with van der Waals surface area (Å²) in [7, 11) is 0. The molecule has 4 aromatic rings. The Labute approximate surface area is 246 Å². The number of aromatic nitrogens is 2. The van der Waals surface area contributed by atoms with Crippen molar-refractivity contribution in [3.05, 3.63) is 108 Å². The number of benzene rings is 2. The van der Waals surface area contributed by atoms with Gasteiger partial charge in [-0.2, -0.15) is 0 Å². The second kappa shape index (κ2) is 13.3. The highest BCUT2D eigenvalue weighted by Gasteiger charge is 2.25. The van der Waals surface area contributed by atoms with Crippen molar-refractivity contribution in [3.63, 3.8) is 0 Å². The number of nitrogens with one attached hydrogen (secondary N) is 2. The minimum Gasteiger partial charge on any atom is -0.485 e. The molecule has 1 aliphatic rings. The van der Waals surface area contributed by atoms with Gasteiger partial charge in [0.25, 0.3) is 11.8 Å². The molecule has 0 aliphatic carbocycles. The Kier molecular flexibility index (Phi) is 9.08. The van der Waals surface area contributed by atoms with E-state index in [0.29, 0.717) is 42.9 Å². The normalized spacial score (nSPS) is 16.6. The summed E-state index contributed by atoms with van der Waals surface area (Å²) in [5, 5.41) is 6.39. The van der Waals surface area contributed by atoms with Crippen LogP contribution in [-0.2, 0) is 13.0 Å². The summed E-state index contributed by atoms with van der Waals surface area (Å²) in [6.07, 6.45) is 4.09. The third-order valence-corrected chi connectivity index (χ3v) is 7.17. The fraction of sp³-hybridized carbons (Fsp3) is 0.273. The number of nitrogens with two attached hydrogens (primary N) is 1. The number of carbonyl (C=O) groups excluding carboxylic acids is 2. The summed E-state index contributed by atoms with van der Waals surface area (Å²) < 4.78 is 6.03. The Hall–Kier alpha value is -4.76. The molecule has 0 radical (unpaired) electrons. The smallest absolute Gasteiger partial charge is 0.253 e. The molecule has 1 fully saturated rings. The molecule has 4 N–H and O–H groups in total. The van der Waals surface area contributed by atoms with Crippen molar-refractivity contribution < 1.29 is 14.3 Å². The second-order valence-corrected chi connectivity index (χ2v) is 10.7. The van der Waals surface area contributed by atoms with Gasteiger partial charge in [-0.15, -0.1) is 0 Å². The number of carbonyl (C=O) groups is 2. The number of pyridine rings is 2. The van der Waals surface area contributed by atoms with Crippen molar-refractivity contribution in [1.82, 2.24) is 25.5 Å². The van der Waals surface area contributed by atoms with Gasteiger partial charge in [0.15, 0.2) is 11.6 Å². The molecule has 5 rings (SSSR count). The third-order valence-electron chi connectivity index (χ3n) is 7.17. The van der Waals surface area contributed by atoms with Gasteiger partial charge in [0.1, 0.15) is 6.61 Å². The van der Waals surface area contributed by atoms with E-state index in [1.165, 1.54) is 0 Å². The van der Waals surface area contributed by atoms with Gasteiger partial charge in [-0.25, -0.2) is 4.98 Å². The Bertz CT molecular complexity index is 1520. The fourth-order valence-electron chi connectivity index (χ4n) is 5.12. The number of rotatable bonds is 9. The minimum absolute atomic E-state index is 0.0327. The lowest BCUT2D eigenvalue weighted by Gasteiger charge is -2.36. The summed E-state index contributed by atoms with van der Waals surface area (Å²) in [6, 6.07) is 22.9. The highest BCUT2D eigenvalue weighted by molar-refractivity contribution is 5.95. The first-order chi connectivity index (χ1) is 20.4. The molecule has 3 heterocycles. The molecule has 2 unspecified atom stereocenters. The van der Waals surface area contributed by atoms with Crippen molar-refractivity contribution in [2.75, 3.05) is 25.4 Å². The van der Waals surface area contributed by atoms with Gasteiger partial charge in [0.2, 0.25) is 0 Å². The quantitative estimate of drug-likeness (QED) is 0.280. The molecule has 1 aliphatic heterocycles. The molecule has 0 spiro atoms. The summed E-state index contributed by atoms with van der Waals surface area (Å²) in [4.78, 5) is 36.2. The number of anilines is 1. The molecule has 2 aromatic carbocycles. The largest absolute Gasteiger partial charge is 0.485 e. The fourth-order valence-corrected chi connectivity index (χ4v) is 5.12. The molecule has 216 valence electrons. The lowest BCUT2D eigenvalue weighted by atomic mass is 10.0. The first kappa shape index (κ1) is 28.8. The lowest BCUT2D eigenvalue weighted by molar-refractivity contribution is 0.0673. The zero-order valence-electron chi connectivity index (χ0n) is 23.9. The van der Waals surface area contributed by atoms with Gasteiger partial charge in [0, 0.05) is 72.9 Å². The molecule has 0 saturated carbocycles. The molecular weight excluding hydrogens is 528 g/mol. The van der Waals surface area contributed by atoms with Crippen LogP contribution < -0.4 is 21.1 Å². The highest BCUT2D eigenvalue weighted by atomic mass is 16.5. The first-order valence-electron chi connectivity index (χ1n) is 14.2. The van der Waals surface area contributed by atoms with E-state index >= 15 is 0 Å². The molecule has 2 atom stereocenters. The molecule has 9 heteroatoms. The van der Waals surface area contributed by atoms with Gasteiger partial charge in [-0.1, -0.05) is 30.3 Å². The molecule has 1 saturated heterocycles. The van der Waals surface area contributed by atoms with E-state index in [2.05, 4.69) is 34.4 Å². The predicted molar refractivity (Wildman–Crippen MR) is 163 cm³/mol. The van der Waals surface area contributed by atoms with Gasteiger partial charge in [-0.3, -0.25) is 14.6 Å². The lowest BCUT2D eigenvalue weighted by Crippen LogP contribution is -2.55. The van der Waals surface area contributed by atoms with Crippen molar-refractivity contribution in [2.45, 2.75) is 39.0 Å². The van der Waals surface area contributed by atoms with E-state index in [1.807, 2.05) is 65.6 Å². The highest BCUT2D eigenvalue weighted by Crippen LogP contribution is 2.28. The maximum absolute atomic E-state index is 13.1. The zero-order chi connectivity index (χ0) is 29.5. The number of amides is 2. The summed E-state index contributed by atoms with van der Waals surface area (Å²) in [5.74, 6) is 0.599. The number of nitrogens with zero attached hydrogens (tertiary/aromatic N) is 3. The van der Waals surface area contributed by atoms with Crippen LogP contribution in [0.25, 0.3) is 11.1 Å². The van der Waals surface area contributed by atoms with Crippen molar-refractivity contribution >= 4 is 17.6 Å². The van der Waals surface area contributed by atoms with Crippen LogP contribution in [0.15, 0.2) is 85.2 Å². The molecule has 2 amide bonds. The first-order valence-corrected chi connectivity index (χ1v) is 14.2. The van der Waals surface area contributed by atoms with Crippen LogP contribution in [0, 0.1) is 0 Å². The number of piperazine rings is 1. The molecule has 2 aromatic heterocycles. The van der Waals surface area contributed by atoms with E-state index in [9.17, 15) is 9.59 Å². The maximum Gasteiger partial charge on any atom is 0.253 e. The predicted octanol–water partition coefficient (Wildman–Crippen LogP) is 4.10. The van der Waals surface area contributed by atoms with Crippen LogP contribution in [0.4, 0.5) is 5.82 Å². The molecule has 9 nitrogen and oxygen atoms in total. The minimum atomic E-state index is -0.154.